The van der Waals surface area contributed by atoms with E-state index in [9.17, 15) is 14.3 Å². The van der Waals surface area contributed by atoms with Crippen molar-refractivity contribution in [3.05, 3.63) is 36.0 Å². The number of carbonyl (C=O) groups excluding carboxylic acids is 1. The van der Waals surface area contributed by atoms with Gasteiger partial charge < -0.3 is 14.6 Å². The lowest BCUT2D eigenvalue weighted by Gasteiger charge is -2.15. The number of halogens is 1. The minimum atomic E-state index is -1.34. The lowest BCUT2D eigenvalue weighted by atomic mass is 10.1. The van der Waals surface area contributed by atoms with Crippen LogP contribution in [0.25, 0.3) is 10.9 Å². The van der Waals surface area contributed by atoms with Crippen LogP contribution in [0.4, 0.5) is 4.39 Å². The monoisotopic (exact) mass is 262 g/mol. The molecule has 2 aromatic rings. The van der Waals surface area contributed by atoms with Crippen LogP contribution in [0.3, 0.4) is 0 Å². The number of hydrogen-bond donors (Lipinski definition) is 1. The van der Waals surface area contributed by atoms with E-state index in [1.807, 2.05) is 29.9 Å². The Bertz CT molecular complexity index is 627. The molecule has 3 rings (SSSR count). The zero-order valence-corrected chi connectivity index (χ0v) is 10.6. The quantitative estimate of drug-likeness (QED) is 0.842. The fraction of sp³-hybridized carbons (Fsp3) is 0.357. The smallest absolute Gasteiger partial charge is 0.254 e. The summed E-state index contributed by atoms with van der Waals surface area (Å²) in [6, 6.07) is 7.39. The van der Waals surface area contributed by atoms with Gasteiger partial charge in [0.2, 0.25) is 0 Å². The standard InChI is InChI=1S/C14H15FN2O2/c1-16-5-4-9-2-3-10(6-12(9)16)14(19)17-7-11(15)13(18)8-17/h2-6,11,13,18H,7-8H2,1H3/t11-,13-/m1/s1. The molecule has 4 nitrogen and oxygen atoms in total. The van der Waals surface area contributed by atoms with Gasteiger partial charge in [-0.2, -0.15) is 0 Å². The Morgan fingerprint density at radius 1 is 1.37 bits per heavy atom. The van der Waals surface area contributed by atoms with Crippen molar-refractivity contribution in [2.45, 2.75) is 12.3 Å². The van der Waals surface area contributed by atoms with Gasteiger partial charge in [-0.1, -0.05) is 6.07 Å². The number of nitrogens with zero attached hydrogens (tertiary/aromatic N) is 2. The van der Waals surface area contributed by atoms with Crippen LogP contribution >= 0.6 is 0 Å². The van der Waals surface area contributed by atoms with Gasteiger partial charge in [-0.05, 0) is 23.6 Å². The lowest BCUT2D eigenvalue weighted by Crippen LogP contribution is -2.29. The Balaban J connectivity index is 1.91. The summed E-state index contributed by atoms with van der Waals surface area (Å²) in [5, 5.41) is 10.4. The van der Waals surface area contributed by atoms with Gasteiger partial charge >= 0.3 is 0 Å². The summed E-state index contributed by atoms with van der Waals surface area (Å²) >= 11 is 0. The second kappa shape index (κ2) is 4.35. The molecule has 0 radical (unpaired) electrons. The Hall–Kier alpha value is -1.88. The second-order valence-corrected chi connectivity index (χ2v) is 4.99. The van der Waals surface area contributed by atoms with E-state index in [0.29, 0.717) is 5.56 Å². The van der Waals surface area contributed by atoms with Gasteiger partial charge in [0, 0.05) is 30.9 Å². The molecular weight excluding hydrogens is 247 g/mol. The number of carbonyl (C=O) groups is 1. The minimum Gasteiger partial charge on any atom is -0.388 e. The summed E-state index contributed by atoms with van der Waals surface area (Å²) in [5.41, 5.74) is 1.48. The average molecular weight is 262 g/mol. The molecule has 1 aliphatic heterocycles. The molecule has 0 saturated carbocycles. The molecule has 0 unspecified atom stereocenters. The van der Waals surface area contributed by atoms with Crippen LogP contribution in [-0.2, 0) is 7.05 Å². The van der Waals surface area contributed by atoms with Crippen molar-refractivity contribution in [3.63, 3.8) is 0 Å². The van der Waals surface area contributed by atoms with E-state index in [0.717, 1.165) is 10.9 Å². The maximum Gasteiger partial charge on any atom is 0.254 e. The highest BCUT2D eigenvalue weighted by Crippen LogP contribution is 2.20. The molecule has 1 N–H and O–H groups in total. The maximum atomic E-state index is 13.3. The van der Waals surface area contributed by atoms with Gasteiger partial charge in [-0.3, -0.25) is 4.79 Å². The molecule has 5 heteroatoms. The van der Waals surface area contributed by atoms with Crippen molar-refractivity contribution >= 4 is 16.8 Å². The minimum absolute atomic E-state index is 0.0365. The summed E-state index contributed by atoms with van der Waals surface area (Å²) in [7, 11) is 1.91. The van der Waals surface area contributed by atoms with E-state index < -0.39 is 12.3 Å². The molecule has 100 valence electrons. The first-order valence-corrected chi connectivity index (χ1v) is 6.23. The molecule has 1 aromatic carbocycles. The van der Waals surface area contributed by atoms with Gasteiger partial charge in [0.05, 0.1) is 6.54 Å². The Labute approximate surface area is 110 Å². The number of alkyl halides is 1. The third-order valence-corrected chi connectivity index (χ3v) is 3.64. The molecule has 0 spiro atoms. The Morgan fingerprint density at radius 2 is 2.16 bits per heavy atom. The molecule has 2 heterocycles. The average Bonchev–Trinajstić information content (AvgIpc) is 2.93. The number of aliphatic hydroxyl groups is 1. The number of aromatic nitrogens is 1. The van der Waals surface area contributed by atoms with Crippen molar-refractivity contribution in [1.82, 2.24) is 9.47 Å². The van der Waals surface area contributed by atoms with Crippen molar-refractivity contribution < 1.29 is 14.3 Å². The predicted molar refractivity (Wildman–Crippen MR) is 69.7 cm³/mol. The molecule has 2 atom stereocenters. The van der Waals surface area contributed by atoms with Gasteiger partial charge in [-0.25, -0.2) is 4.39 Å². The molecule has 1 saturated heterocycles. The van der Waals surface area contributed by atoms with Gasteiger partial charge in [0.1, 0.15) is 12.3 Å². The number of fused-ring (bicyclic) bond motifs is 1. The highest BCUT2D eigenvalue weighted by atomic mass is 19.1. The predicted octanol–water partition coefficient (Wildman–Crippen LogP) is 1.33. The van der Waals surface area contributed by atoms with Gasteiger partial charge in [0.15, 0.2) is 0 Å². The summed E-state index contributed by atoms with van der Waals surface area (Å²) in [6.45, 7) is 0.0242. The van der Waals surface area contributed by atoms with Crippen LogP contribution < -0.4 is 0 Å². The van der Waals surface area contributed by atoms with E-state index in [2.05, 4.69) is 0 Å². The number of rotatable bonds is 1. The van der Waals surface area contributed by atoms with Crippen molar-refractivity contribution in [3.8, 4) is 0 Å². The topological polar surface area (TPSA) is 45.5 Å². The van der Waals surface area contributed by atoms with E-state index in [4.69, 9.17) is 0 Å². The van der Waals surface area contributed by atoms with Crippen LogP contribution in [-0.4, -0.2) is 45.8 Å². The second-order valence-electron chi connectivity index (χ2n) is 4.99. The molecule has 0 bridgehead atoms. The first-order chi connectivity index (χ1) is 9.06. The third kappa shape index (κ3) is 2.00. The molecular formula is C14H15FN2O2. The number of benzene rings is 1. The Morgan fingerprint density at radius 3 is 2.84 bits per heavy atom. The van der Waals surface area contributed by atoms with E-state index in [1.54, 1.807) is 12.1 Å². The number of aryl methyl sites for hydroxylation is 1. The fourth-order valence-electron chi connectivity index (χ4n) is 2.49. The largest absolute Gasteiger partial charge is 0.388 e. The number of likely N-dealkylation sites (tertiary alicyclic amines) is 1. The van der Waals surface area contributed by atoms with E-state index >= 15 is 0 Å². The Kier molecular flexibility index (Phi) is 2.78. The maximum absolute atomic E-state index is 13.3. The molecule has 1 fully saturated rings. The summed E-state index contributed by atoms with van der Waals surface area (Å²) < 4.78 is 15.2. The van der Waals surface area contributed by atoms with Crippen molar-refractivity contribution in [2.24, 2.45) is 7.05 Å². The highest BCUT2D eigenvalue weighted by molar-refractivity contribution is 5.98. The molecule has 1 amide bonds. The molecule has 19 heavy (non-hydrogen) atoms. The number of β-amino-alcohol motifs (C(OH)–C–C–N with tert-alkyl or cyclic N) is 1. The van der Waals surface area contributed by atoms with Crippen molar-refractivity contribution in [1.29, 1.82) is 0 Å². The third-order valence-electron chi connectivity index (χ3n) is 3.64. The first-order valence-electron chi connectivity index (χ1n) is 6.23. The van der Waals surface area contributed by atoms with Crippen LogP contribution in [0.5, 0.6) is 0 Å². The van der Waals surface area contributed by atoms with E-state index in [1.165, 1.54) is 4.90 Å². The van der Waals surface area contributed by atoms with Crippen LogP contribution in [0.1, 0.15) is 10.4 Å². The van der Waals surface area contributed by atoms with Gasteiger partial charge in [0.25, 0.3) is 5.91 Å². The number of hydrogen-bond acceptors (Lipinski definition) is 2. The number of amides is 1. The van der Waals surface area contributed by atoms with E-state index in [-0.39, 0.29) is 19.0 Å². The summed E-state index contributed by atoms with van der Waals surface area (Å²) in [4.78, 5) is 13.6. The van der Waals surface area contributed by atoms with Crippen LogP contribution in [0.2, 0.25) is 0 Å². The summed E-state index contributed by atoms with van der Waals surface area (Å²) in [6.07, 6.45) is -0.485. The zero-order valence-electron chi connectivity index (χ0n) is 10.6. The van der Waals surface area contributed by atoms with Crippen LogP contribution in [0, 0.1) is 0 Å². The van der Waals surface area contributed by atoms with Crippen molar-refractivity contribution in [2.75, 3.05) is 13.1 Å². The molecule has 0 aliphatic carbocycles. The SMILES string of the molecule is Cn1ccc2ccc(C(=O)N3C[C@@H](O)[C@H](F)C3)cc21. The fourth-order valence-corrected chi connectivity index (χ4v) is 2.49. The number of aliphatic hydroxyl groups excluding tert-OH is 1. The molecule has 1 aliphatic rings. The summed E-state index contributed by atoms with van der Waals surface area (Å²) in [5.74, 6) is -0.234. The van der Waals surface area contributed by atoms with Gasteiger partial charge in [-0.15, -0.1) is 0 Å². The molecule has 1 aromatic heterocycles. The highest BCUT2D eigenvalue weighted by Gasteiger charge is 2.34. The lowest BCUT2D eigenvalue weighted by molar-refractivity contribution is 0.0764. The first kappa shape index (κ1) is 12.2. The van der Waals surface area contributed by atoms with Crippen LogP contribution in [0.15, 0.2) is 30.5 Å². The zero-order chi connectivity index (χ0) is 13.6. The normalized spacial score (nSPS) is 23.2.